The fourth-order valence-corrected chi connectivity index (χ4v) is 2.67. The van der Waals surface area contributed by atoms with Crippen LogP contribution in [0.25, 0.3) is 0 Å². The van der Waals surface area contributed by atoms with Crippen LogP contribution >= 0.6 is 11.8 Å². The molecule has 0 saturated carbocycles. The summed E-state index contributed by atoms with van der Waals surface area (Å²) in [5.41, 5.74) is 0. The molecule has 0 aromatic carbocycles. The van der Waals surface area contributed by atoms with Crippen molar-refractivity contribution in [3.63, 3.8) is 0 Å². The lowest BCUT2D eigenvalue weighted by Gasteiger charge is -2.16. The molecule has 0 aromatic rings. The van der Waals surface area contributed by atoms with Crippen molar-refractivity contribution in [3.05, 3.63) is 0 Å². The molecule has 0 aliphatic carbocycles. The summed E-state index contributed by atoms with van der Waals surface area (Å²) in [6, 6.07) is 0. The van der Waals surface area contributed by atoms with Crippen LogP contribution in [0.4, 0.5) is 0 Å². The van der Waals surface area contributed by atoms with Gasteiger partial charge in [-0.1, -0.05) is 58.7 Å². The summed E-state index contributed by atoms with van der Waals surface area (Å²) in [5.74, 6) is 2.25. The summed E-state index contributed by atoms with van der Waals surface area (Å²) in [7, 11) is 0. The molecule has 0 aliphatic rings. The molecule has 90 valence electrons. The van der Waals surface area contributed by atoms with Crippen molar-refractivity contribution in [2.24, 2.45) is 11.8 Å². The van der Waals surface area contributed by atoms with Gasteiger partial charge in [-0.25, -0.2) is 0 Å². The van der Waals surface area contributed by atoms with E-state index < -0.39 is 0 Å². The third-order valence-electron chi connectivity index (χ3n) is 2.68. The van der Waals surface area contributed by atoms with E-state index in [1.165, 1.54) is 37.4 Å². The highest BCUT2D eigenvalue weighted by atomic mass is 32.2. The van der Waals surface area contributed by atoms with Gasteiger partial charge in [-0.3, -0.25) is 4.79 Å². The second kappa shape index (κ2) is 9.26. The van der Waals surface area contributed by atoms with Gasteiger partial charge >= 0.3 is 0 Å². The predicted molar refractivity (Wildman–Crippen MR) is 70.2 cm³/mol. The molecule has 0 fully saturated rings. The Morgan fingerprint density at radius 2 is 1.87 bits per heavy atom. The monoisotopic (exact) mass is 230 g/mol. The van der Waals surface area contributed by atoms with Crippen LogP contribution < -0.4 is 0 Å². The highest BCUT2D eigenvalue weighted by molar-refractivity contribution is 8.13. The van der Waals surface area contributed by atoms with E-state index in [4.69, 9.17) is 0 Å². The molecule has 2 heteroatoms. The summed E-state index contributed by atoms with van der Waals surface area (Å²) in [4.78, 5) is 11.4. The van der Waals surface area contributed by atoms with Crippen LogP contribution in [0.2, 0.25) is 0 Å². The lowest BCUT2D eigenvalue weighted by Crippen LogP contribution is -2.07. The second-order valence-electron chi connectivity index (χ2n) is 4.60. The Morgan fingerprint density at radius 3 is 2.40 bits per heavy atom. The van der Waals surface area contributed by atoms with Crippen LogP contribution in [0.1, 0.15) is 59.8 Å². The Labute approximate surface area is 99.4 Å². The number of rotatable bonds is 8. The quantitative estimate of drug-likeness (QED) is 0.610. The lowest BCUT2D eigenvalue weighted by atomic mass is 9.91. The number of thioether (sulfide) groups is 1. The van der Waals surface area contributed by atoms with Gasteiger partial charge < -0.3 is 0 Å². The fourth-order valence-electron chi connectivity index (χ4n) is 1.95. The smallest absolute Gasteiger partial charge is 0.189 e. The largest absolute Gasteiger partial charge is 0.287 e. The minimum absolute atomic E-state index is 0.368. The summed E-state index contributed by atoms with van der Waals surface area (Å²) < 4.78 is 0. The minimum Gasteiger partial charge on any atom is -0.287 e. The van der Waals surface area contributed by atoms with Crippen molar-refractivity contribution < 1.29 is 4.79 Å². The van der Waals surface area contributed by atoms with Crippen LogP contribution in [0.15, 0.2) is 0 Å². The molecule has 0 aliphatic heterocycles. The first-order valence-electron chi connectivity index (χ1n) is 6.25. The van der Waals surface area contributed by atoms with Crippen molar-refractivity contribution in [2.75, 3.05) is 5.75 Å². The van der Waals surface area contributed by atoms with Gasteiger partial charge in [0, 0.05) is 6.42 Å². The van der Waals surface area contributed by atoms with Gasteiger partial charge in [-0.15, -0.1) is 0 Å². The molecule has 0 radical (unpaired) electrons. The van der Waals surface area contributed by atoms with Gasteiger partial charge in [0.25, 0.3) is 0 Å². The van der Waals surface area contributed by atoms with E-state index in [-0.39, 0.29) is 0 Å². The molecule has 0 rings (SSSR count). The van der Waals surface area contributed by atoms with Crippen LogP contribution in [-0.2, 0) is 4.79 Å². The Hall–Kier alpha value is 0.0200. The van der Waals surface area contributed by atoms with Crippen LogP contribution in [0.3, 0.4) is 0 Å². The maximum absolute atomic E-state index is 11.4. The van der Waals surface area contributed by atoms with Gasteiger partial charge in [0.2, 0.25) is 0 Å². The molecule has 0 spiro atoms. The van der Waals surface area contributed by atoms with Crippen molar-refractivity contribution in [3.8, 4) is 0 Å². The zero-order valence-electron chi connectivity index (χ0n) is 10.7. The van der Waals surface area contributed by atoms with Crippen molar-refractivity contribution in [2.45, 2.75) is 59.8 Å². The number of unbranched alkanes of at least 4 members (excludes halogenated alkanes) is 1. The molecular weight excluding hydrogens is 204 g/mol. The summed E-state index contributed by atoms with van der Waals surface area (Å²) >= 11 is 1.47. The Balaban J connectivity index is 3.62. The lowest BCUT2D eigenvalue weighted by molar-refractivity contribution is -0.111. The molecule has 0 saturated heterocycles. The molecule has 0 heterocycles. The normalized spacial score (nSPS) is 14.9. The first-order chi connectivity index (χ1) is 7.10. The molecule has 15 heavy (non-hydrogen) atoms. The minimum atomic E-state index is 0.368. The van der Waals surface area contributed by atoms with E-state index in [1.54, 1.807) is 0 Å². The Kier molecular flexibility index (Phi) is 9.27. The van der Waals surface area contributed by atoms with E-state index in [0.717, 1.165) is 18.1 Å². The van der Waals surface area contributed by atoms with Crippen LogP contribution in [0.5, 0.6) is 0 Å². The molecule has 1 nitrogen and oxygen atoms in total. The van der Waals surface area contributed by atoms with Crippen LogP contribution in [0, 0.1) is 11.8 Å². The summed E-state index contributed by atoms with van der Waals surface area (Å²) in [5, 5.41) is 0.368. The SMILES string of the molecule is CCCC[C@H](C)C[C@H](C)CC(=O)SCC. The molecular formula is C13H26OS. The summed E-state index contributed by atoms with van der Waals surface area (Å²) in [6.45, 7) is 8.79. The van der Waals surface area contributed by atoms with E-state index >= 15 is 0 Å². The van der Waals surface area contributed by atoms with Crippen LogP contribution in [-0.4, -0.2) is 10.9 Å². The van der Waals surface area contributed by atoms with E-state index in [2.05, 4.69) is 20.8 Å². The fraction of sp³-hybridized carbons (Fsp3) is 0.923. The molecule has 0 aromatic heterocycles. The third-order valence-corrected chi connectivity index (χ3v) is 3.45. The number of hydrogen-bond acceptors (Lipinski definition) is 2. The number of carbonyl (C=O) groups is 1. The Morgan fingerprint density at radius 1 is 1.20 bits per heavy atom. The van der Waals surface area contributed by atoms with Gasteiger partial charge in [0.1, 0.15) is 0 Å². The second-order valence-corrected chi connectivity index (χ2v) is 5.92. The zero-order chi connectivity index (χ0) is 11.7. The van der Waals surface area contributed by atoms with E-state index in [9.17, 15) is 4.79 Å². The van der Waals surface area contributed by atoms with Crippen molar-refractivity contribution in [1.82, 2.24) is 0 Å². The standard InChI is InChI=1S/C13H26OS/c1-5-7-8-11(3)9-12(4)10-13(14)15-6-2/h11-12H,5-10H2,1-4H3/t11-,12-/m0/s1. The average Bonchev–Trinajstić information content (AvgIpc) is 2.14. The topological polar surface area (TPSA) is 17.1 Å². The molecule has 0 unspecified atom stereocenters. The maximum Gasteiger partial charge on any atom is 0.189 e. The number of carbonyl (C=O) groups excluding carboxylic acids is 1. The highest BCUT2D eigenvalue weighted by Gasteiger charge is 2.12. The number of hydrogen-bond donors (Lipinski definition) is 0. The van der Waals surface area contributed by atoms with E-state index in [0.29, 0.717) is 11.0 Å². The first kappa shape index (κ1) is 15.0. The van der Waals surface area contributed by atoms with Crippen molar-refractivity contribution >= 4 is 16.9 Å². The Bertz CT molecular complexity index is 168. The predicted octanol–water partition coefficient (Wildman–Crippen LogP) is 4.51. The van der Waals surface area contributed by atoms with Crippen molar-refractivity contribution in [1.29, 1.82) is 0 Å². The zero-order valence-corrected chi connectivity index (χ0v) is 11.5. The highest BCUT2D eigenvalue weighted by Crippen LogP contribution is 2.22. The van der Waals surface area contributed by atoms with E-state index in [1.807, 2.05) is 6.92 Å². The maximum atomic E-state index is 11.4. The molecule has 0 N–H and O–H groups in total. The van der Waals surface area contributed by atoms with Gasteiger partial charge in [0.15, 0.2) is 5.12 Å². The van der Waals surface area contributed by atoms with Gasteiger partial charge in [-0.2, -0.15) is 0 Å². The van der Waals surface area contributed by atoms with Gasteiger partial charge in [0.05, 0.1) is 0 Å². The molecule has 0 bridgehead atoms. The molecule has 2 atom stereocenters. The van der Waals surface area contributed by atoms with Gasteiger partial charge in [-0.05, 0) is 24.0 Å². The third kappa shape index (κ3) is 8.98. The first-order valence-corrected chi connectivity index (χ1v) is 7.24. The average molecular weight is 230 g/mol. The molecule has 0 amide bonds. The summed E-state index contributed by atoms with van der Waals surface area (Å²) in [6.07, 6.45) is 5.88.